The average Bonchev–Trinajstić information content (AvgIpc) is 3.06. The molecule has 30 heavy (non-hydrogen) atoms. The van der Waals surface area contributed by atoms with Gasteiger partial charge in [0.25, 0.3) is 0 Å². The summed E-state index contributed by atoms with van der Waals surface area (Å²) in [6, 6.07) is 4.59. The number of amides is 2. The zero-order valence-electron chi connectivity index (χ0n) is 16.6. The number of alkyl carbamates (subject to hydrolysis) is 1. The lowest BCUT2D eigenvalue weighted by atomic mass is 9.81. The minimum Gasteiger partial charge on any atom is -0.453 e. The molecule has 0 aromatic heterocycles. The van der Waals surface area contributed by atoms with Crippen LogP contribution >= 0.6 is 0 Å². The van der Waals surface area contributed by atoms with Gasteiger partial charge in [0.05, 0.1) is 43.1 Å². The van der Waals surface area contributed by atoms with Gasteiger partial charge in [-0.15, -0.1) is 0 Å². The molecule has 0 aliphatic carbocycles. The van der Waals surface area contributed by atoms with E-state index in [1.807, 2.05) is 4.90 Å². The molecule has 1 atom stereocenters. The molecule has 3 heterocycles. The van der Waals surface area contributed by atoms with Gasteiger partial charge >= 0.3 is 12.2 Å². The molecule has 9 nitrogen and oxygen atoms in total. The number of carbonyl (C=O) groups excluding carboxylic acids is 2. The predicted octanol–water partition coefficient (Wildman–Crippen LogP) is 1.52. The Hall–Kier alpha value is -2.56. The van der Waals surface area contributed by atoms with E-state index in [-0.39, 0.29) is 30.0 Å². The first-order chi connectivity index (χ1) is 14.2. The summed E-state index contributed by atoms with van der Waals surface area (Å²) in [5, 5.41) is 2.47. The van der Waals surface area contributed by atoms with Gasteiger partial charge in [-0.3, -0.25) is 4.90 Å². The van der Waals surface area contributed by atoms with Crippen LogP contribution in [0.5, 0.6) is 0 Å². The van der Waals surface area contributed by atoms with Gasteiger partial charge in [0, 0.05) is 18.5 Å². The van der Waals surface area contributed by atoms with Gasteiger partial charge in [-0.2, -0.15) is 0 Å². The van der Waals surface area contributed by atoms with E-state index < -0.39 is 33.9 Å². The fourth-order valence-electron chi connectivity index (χ4n) is 4.43. The molecule has 1 aromatic rings. The molecule has 3 aliphatic heterocycles. The molecule has 11 heteroatoms. The van der Waals surface area contributed by atoms with Gasteiger partial charge in [0.15, 0.2) is 9.84 Å². The monoisotopic (exact) mass is 441 g/mol. The average molecular weight is 441 g/mol. The maximum Gasteiger partial charge on any atom is 0.414 e. The van der Waals surface area contributed by atoms with Crippen molar-refractivity contribution in [2.24, 2.45) is 5.41 Å². The van der Waals surface area contributed by atoms with Crippen LogP contribution in [0.25, 0.3) is 0 Å². The Morgan fingerprint density at radius 2 is 2.03 bits per heavy atom. The number of hydrogen-bond donors (Lipinski definition) is 1. The van der Waals surface area contributed by atoms with Crippen molar-refractivity contribution in [3.63, 3.8) is 0 Å². The summed E-state index contributed by atoms with van der Waals surface area (Å²) >= 11 is 0. The van der Waals surface area contributed by atoms with Gasteiger partial charge in [0.2, 0.25) is 0 Å². The summed E-state index contributed by atoms with van der Waals surface area (Å²) in [6.07, 6.45) is -0.342. The van der Waals surface area contributed by atoms with Gasteiger partial charge < -0.3 is 19.7 Å². The standard InChI is InChI=1S/C19H24FN3O6S/c1-28-17(24)21-9-14-10-23(18(25)29-14)13-2-3-16(15(20)8-13)22-6-4-19(5-7-22)11-30(26,27)12-19/h2-3,8,14H,4-7,9-12H2,1H3,(H,21,24)/t14-/m0/s1. The first-order valence-electron chi connectivity index (χ1n) is 9.75. The highest BCUT2D eigenvalue weighted by molar-refractivity contribution is 7.92. The molecule has 0 bridgehead atoms. The zero-order valence-corrected chi connectivity index (χ0v) is 17.4. The molecule has 3 aliphatic rings. The second-order valence-electron chi connectivity index (χ2n) is 8.14. The molecule has 0 unspecified atom stereocenters. The number of hydrogen-bond acceptors (Lipinski definition) is 7. The summed E-state index contributed by atoms with van der Waals surface area (Å²) < 4.78 is 47.6. The number of sulfone groups is 1. The number of nitrogens with one attached hydrogen (secondary N) is 1. The maximum atomic E-state index is 14.8. The largest absolute Gasteiger partial charge is 0.453 e. The normalized spacial score (nSPS) is 24.3. The molecule has 164 valence electrons. The second-order valence-corrected chi connectivity index (χ2v) is 10.2. The Morgan fingerprint density at radius 1 is 1.33 bits per heavy atom. The van der Waals surface area contributed by atoms with Crippen LogP contribution in [0.2, 0.25) is 0 Å². The van der Waals surface area contributed by atoms with Crippen LogP contribution in [0.1, 0.15) is 12.8 Å². The molecule has 2 amide bonds. The Labute approximate surface area is 174 Å². The first-order valence-corrected chi connectivity index (χ1v) is 11.6. The van der Waals surface area contributed by atoms with Crippen molar-refractivity contribution in [1.82, 2.24) is 5.32 Å². The molecule has 3 saturated heterocycles. The predicted molar refractivity (Wildman–Crippen MR) is 107 cm³/mol. The van der Waals surface area contributed by atoms with E-state index in [1.165, 1.54) is 18.1 Å². The molecule has 3 fully saturated rings. The molecule has 1 N–H and O–H groups in total. The third-order valence-electron chi connectivity index (χ3n) is 5.99. The van der Waals surface area contributed by atoms with Gasteiger partial charge in [-0.05, 0) is 31.0 Å². The van der Waals surface area contributed by atoms with Gasteiger partial charge in [-0.1, -0.05) is 0 Å². The van der Waals surface area contributed by atoms with Crippen LogP contribution in [0.3, 0.4) is 0 Å². The molecule has 1 spiro atoms. The van der Waals surface area contributed by atoms with E-state index in [2.05, 4.69) is 10.1 Å². The third-order valence-corrected chi connectivity index (χ3v) is 8.10. The number of ether oxygens (including phenoxy) is 2. The van der Waals surface area contributed by atoms with E-state index in [0.29, 0.717) is 24.5 Å². The highest BCUT2D eigenvalue weighted by atomic mass is 32.2. The summed E-state index contributed by atoms with van der Waals surface area (Å²) in [5.41, 5.74) is 0.672. The minimum atomic E-state index is -2.89. The number of nitrogens with zero attached hydrogens (tertiary/aromatic N) is 2. The lowest BCUT2D eigenvalue weighted by Crippen LogP contribution is -2.54. The Balaban J connectivity index is 1.38. The van der Waals surface area contributed by atoms with Crippen molar-refractivity contribution >= 4 is 33.4 Å². The SMILES string of the molecule is COC(=O)NC[C@H]1CN(c2ccc(N3CCC4(CC3)CS(=O)(=O)C4)c(F)c2)C(=O)O1. The van der Waals surface area contributed by atoms with Crippen LogP contribution in [-0.4, -0.2) is 71.5 Å². The number of piperidine rings is 1. The molecular formula is C19H24FN3O6S. The number of anilines is 2. The van der Waals surface area contributed by atoms with E-state index in [0.717, 1.165) is 12.8 Å². The Morgan fingerprint density at radius 3 is 2.63 bits per heavy atom. The van der Waals surface area contributed by atoms with Crippen molar-refractivity contribution in [3.8, 4) is 0 Å². The molecular weight excluding hydrogens is 417 g/mol. The fourth-order valence-corrected chi connectivity index (χ4v) is 6.79. The van der Waals surface area contributed by atoms with Crippen molar-refractivity contribution < 1.29 is 31.9 Å². The first kappa shape index (κ1) is 20.7. The van der Waals surface area contributed by atoms with E-state index >= 15 is 0 Å². The quantitative estimate of drug-likeness (QED) is 0.755. The number of cyclic esters (lactones) is 1. The van der Waals surface area contributed by atoms with Crippen molar-refractivity contribution in [2.45, 2.75) is 18.9 Å². The number of methoxy groups -OCH3 is 1. The van der Waals surface area contributed by atoms with Crippen molar-refractivity contribution in [2.75, 3.05) is 54.6 Å². The molecule has 1 aromatic carbocycles. The van der Waals surface area contributed by atoms with Crippen LogP contribution in [0, 0.1) is 11.2 Å². The van der Waals surface area contributed by atoms with Crippen LogP contribution in [-0.2, 0) is 19.3 Å². The molecule has 0 radical (unpaired) electrons. The number of benzene rings is 1. The summed E-state index contributed by atoms with van der Waals surface area (Å²) in [6.45, 7) is 1.47. The number of halogens is 1. The van der Waals surface area contributed by atoms with E-state index in [4.69, 9.17) is 4.74 Å². The topological polar surface area (TPSA) is 105 Å². The second kappa shape index (κ2) is 7.60. The summed E-state index contributed by atoms with van der Waals surface area (Å²) in [7, 11) is -1.65. The minimum absolute atomic E-state index is 0.0979. The Kier molecular flexibility index (Phi) is 5.25. The number of carbonyl (C=O) groups is 2. The maximum absolute atomic E-state index is 14.8. The summed E-state index contributed by atoms with van der Waals surface area (Å²) in [5.74, 6) is 0.0186. The van der Waals surface area contributed by atoms with E-state index in [1.54, 1.807) is 12.1 Å². The Bertz CT molecular complexity index is 947. The van der Waals surface area contributed by atoms with Gasteiger partial charge in [-0.25, -0.2) is 22.4 Å². The summed E-state index contributed by atoms with van der Waals surface area (Å²) in [4.78, 5) is 26.5. The lowest BCUT2D eigenvalue weighted by molar-refractivity contribution is 0.132. The lowest BCUT2D eigenvalue weighted by Gasteiger charge is -2.47. The van der Waals surface area contributed by atoms with Crippen LogP contribution in [0.15, 0.2) is 18.2 Å². The number of rotatable bonds is 4. The zero-order chi connectivity index (χ0) is 21.5. The highest BCUT2D eigenvalue weighted by Crippen LogP contribution is 2.43. The third kappa shape index (κ3) is 4.03. The van der Waals surface area contributed by atoms with Crippen molar-refractivity contribution in [3.05, 3.63) is 24.0 Å². The van der Waals surface area contributed by atoms with Crippen LogP contribution in [0.4, 0.5) is 25.4 Å². The molecule has 4 rings (SSSR count). The molecule has 0 saturated carbocycles. The smallest absolute Gasteiger partial charge is 0.414 e. The van der Waals surface area contributed by atoms with E-state index in [9.17, 15) is 22.4 Å². The van der Waals surface area contributed by atoms with Crippen LogP contribution < -0.4 is 15.1 Å². The highest BCUT2D eigenvalue weighted by Gasteiger charge is 2.49. The van der Waals surface area contributed by atoms with Gasteiger partial charge in [0.1, 0.15) is 11.9 Å². The fraction of sp³-hybridized carbons (Fsp3) is 0.579. The van der Waals surface area contributed by atoms with Crippen molar-refractivity contribution in [1.29, 1.82) is 0 Å².